The summed E-state index contributed by atoms with van der Waals surface area (Å²) in [5.41, 5.74) is 10.3. The summed E-state index contributed by atoms with van der Waals surface area (Å²) in [6.07, 6.45) is 3.31. The molecule has 3 atom stereocenters. The van der Waals surface area contributed by atoms with Crippen molar-refractivity contribution in [3.63, 3.8) is 0 Å². The quantitative estimate of drug-likeness (QED) is 0.213. The first-order valence-electron chi connectivity index (χ1n) is 16.2. The number of ether oxygens (including phenoxy) is 2. The summed E-state index contributed by atoms with van der Waals surface area (Å²) in [6.45, 7) is 1.41. The van der Waals surface area contributed by atoms with Crippen molar-refractivity contribution < 1.29 is 27.8 Å². The Labute approximate surface area is 275 Å². The van der Waals surface area contributed by atoms with E-state index in [0.29, 0.717) is 46.6 Å². The van der Waals surface area contributed by atoms with Crippen LogP contribution in [-0.2, 0) is 18.3 Å². The van der Waals surface area contributed by atoms with Gasteiger partial charge in [-0.15, -0.1) is 0 Å². The second-order valence-electron chi connectivity index (χ2n) is 13.2. The van der Waals surface area contributed by atoms with Crippen molar-refractivity contribution in [2.75, 3.05) is 26.1 Å². The van der Waals surface area contributed by atoms with Gasteiger partial charge < -0.3 is 29.2 Å². The van der Waals surface area contributed by atoms with Crippen molar-refractivity contribution in [3.05, 3.63) is 65.7 Å². The summed E-state index contributed by atoms with van der Waals surface area (Å²) in [4.78, 5) is 32.3. The van der Waals surface area contributed by atoms with E-state index in [0.717, 1.165) is 61.5 Å². The number of carbonyl (C=O) groups excluding carboxylic acids is 2. The van der Waals surface area contributed by atoms with Crippen LogP contribution in [0.2, 0.25) is 0 Å². The van der Waals surface area contributed by atoms with Gasteiger partial charge in [0, 0.05) is 54.3 Å². The lowest BCUT2D eigenvalue weighted by Crippen LogP contribution is -2.41. The molecule has 2 aliphatic carbocycles. The van der Waals surface area contributed by atoms with Gasteiger partial charge in [-0.25, -0.2) is 18.6 Å². The normalized spacial score (nSPS) is 20.2. The molecule has 2 bridgehead atoms. The molecule has 3 aliphatic rings. The maximum Gasteiger partial charge on any atom is 0.411 e. The molecule has 3 N–H and O–H groups in total. The highest BCUT2D eigenvalue weighted by molar-refractivity contribution is 6.01. The van der Waals surface area contributed by atoms with Gasteiger partial charge in [0.05, 0.1) is 31.1 Å². The summed E-state index contributed by atoms with van der Waals surface area (Å²) in [6, 6.07) is 14.0. The van der Waals surface area contributed by atoms with Crippen LogP contribution in [0, 0.1) is 23.5 Å². The summed E-state index contributed by atoms with van der Waals surface area (Å²) < 4.78 is 44.8. The van der Waals surface area contributed by atoms with E-state index in [4.69, 9.17) is 15.5 Å². The van der Waals surface area contributed by atoms with Crippen molar-refractivity contribution in [2.24, 2.45) is 24.6 Å². The Hall–Kier alpha value is -4.97. The highest BCUT2D eigenvalue weighted by Gasteiger charge is 2.47. The molecule has 3 fully saturated rings. The molecule has 0 radical (unpaired) electrons. The van der Waals surface area contributed by atoms with Crippen LogP contribution in [-0.4, -0.2) is 63.9 Å². The van der Waals surface area contributed by atoms with Gasteiger partial charge in [0.1, 0.15) is 11.3 Å². The predicted molar refractivity (Wildman–Crippen MR) is 178 cm³/mol. The number of aromatic nitrogens is 3. The van der Waals surface area contributed by atoms with E-state index in [1.807, 2.05) is 34.7 Å². The molecular formula is C36H36F2N6O4. The molecule has 248 valence electrons. The van der Waals surface area contributed by atoms with Gasteiger partial charge in [-0.05, 0) is 79.5 Å². The molecule has 10 nitrogen and oxygen atoms in total. The molecule has 48 heavy (non-hydrogen) atoms. The van der Waals surface area contributed by atoms with Crippen LogP contribution < -0.4 is 15.8 Å². The third-order valence-corrected chi connectivity index (χ3v) is 10.4. The monoisotopic (exact) mass is 654 g/mol. The molecule has 1 saturated heterocycles. The van der Waals surface area contributed by atoms with E-state index in [-0.39, 0.29) is 29.2 Å². The van der Waals surface area contributed by atoms with E-state index in [9.17, 15) is 14.0 Å². The van der Waals surface area contributed by atoms with Gasteiger partial charge in [-0.2, -0.15) is 0 Å². The number of carbonyl (C=O) groups is 2. The number of amides is 2. The standard InChI is InChI=1S/C36H36F2N6O4/c1-42-33-25(12-22(15-29(33)47-2)35(45)44-17-21-8-11-26(44)32(21)39)40-34(42)28-14-20-7-6-19(13-27(20)43(28)16-18-4-5-18)23-9-10-24(31(38)30(23)37)41-36(46)48-3/h6-7,9-10,12-15,18,21,26,32H,4-5,8,11,16-17,39H2,1-3H3,(H,41,46)/t21-,26-,32-/m1/s1. The molecule has 12 heteroatoms. The van der Waals surface area contributed by atoms with Crippen molar-refractivity contribution in [1.29, 1.82) is 0 Å². The molecule has 2 amide bonds. The fraction of sp³-hybridized carbons (Fsp3) is 0.361. The fourth-order valence-electron chi connectivity index (χ4n) is 7.66. The Morgan fingerprint density at radius 1 is 1.02 bits per heavy atom. The third kappa shape index (κ3) is 4.80. The topological polar surface area (TPSA) is 117 Å². The van der Waals surface area contributed by atoms with Crippen LogP contribution in [0.15, 0.2) is 48.5 Å². The minimum atomic E-state index is -1.17. The summed E-state index contributed by atoms with van der Waals surface area (Å²) in [7, 11) is 4.67. The lowest BCUT2D eigenvalue weighted by atomic mass is 10.0. The van der Waals surface area contributed by atoms with Crippen LogP contribution in [0.3, 0.4) is 0 Å². The molecule has 0 unspecified atom stereocenters. The van der Waals surface area contributed by atoms with E-state index < -0.39 is 17.7 Å². The Bertz CT molecular complexity index is 2140. The van der Waals surface area contributed by atoms with E-state index in [1.54, 1.807) is 19.2 Å². The maximum absolute atomic E-state index is 15.4. The Morgan fingerprint density at radius 3 is 2.52 bits per heavy atom. The van der Waals surface area contributed by atoms with Crippen molar-refractivity contribution >= 4 is 39.6 Å². The smallest absolute Gasteiger partial charge is 0.411 e. The number of fused-ring (bicyclic) bond motifs is 4. The van der Waals surface area contributed by atoms with Crippen molar-refractivity contribution in [2.45, 2.75) is 44.3 Å². The van der Waals surface area contributed by atoms with Crippen molar-refractivity contribution in [1.82, 2.24) is 19.0 Å². The number of piperidine rings is 1. The molecule has 3 aromatic carbocycles. The molecule has 0 spiro atoms. The van der Waals surface area contributed by atoms with Crippen LogP contribution >= 0.6 is 0 Å². The molecule has 1 aliphatic heterocycles. The zero-order chi connectivity index (χ0) is 33.4. The molecule has 2 aromatic heterocycles. The number of methoxy groups -OCH3 is 2. The minimum absolute atomic E-state index is 0.0217. The highest BCUT2D eigenvalue weighted by atomic mass is 19.2. The number of hydrogen-bond acceptors (Lipinski definition) is 6. The zero-order valence-electron chi connectivity index (χ0n) is 26.9. The van der Waals surface area contributed by atoms with Gasteiger partial charge in [0.15, 0.2) is 17.5 Å². The number of imidazole rings is 1. The summed E-state index contributed by atoms with van der Waals surface area (Å²) >= 11 is 0. The summed E-state index contributed by atoms with van der Waals surface area (Å²) in [5.74, 6) is -0.198. The number of hydrogen-bond donors (Lipinski definition) is 2. The highest BCUT2D eigenvalue weighted by Crippen LogP contribution is 2.41. The third-order valence-electron chi connectivity index (χ3n) is 10.4. The average Bonchev–Trinajstić information content (AvgIpc) is 3.50. The first-order valence-corrected chi connectivity index (χ1v) is 16.2. The minimum Gasteiger partial charge on any atom is -0.494 e. The lowest BCUT2D eigenvalue weighted by molar-refractivity contribution is 0.0700. The summed E-state index contributed by atoms with van der Waals surface area (Å²) in [5, 5.41) is 3.13. The second-order valence-corrected chi connectivity index (χ2v) is 13.2. The average molecular weight is 655 g/mol. The number of nitrogens with two attached hydrogens (primary N) is 1. The van der Waals surface area contributed by atoms with Crippen molar-refractivity contribution in [3.8, 4) is 28.4 Å². The van der Waals surface area contributed by atoms with Crippen LogP contribution in [0.5, 0.6) is 5.75 Å². The van der Waals surface area contributed by atoms with E-state index in [1.165, 1.54) is 12.1 Å². The predicted octanol–water partition coefficient (Wildman–Crippen LogP) is 6.30. The van der Waals surface area contributed by atoms with E-state index in [2.05, 4.69) is 20.7 Å². The number of rotatable bonds is 7. The molecular weight excluding hydrogens is 618 g/mol. The molecule has 3 heterocycles. The number of nitrogens with zero attached hydrogens (tertiary/aromatic N) is 4. The fourth-order valence-corrected chi connectivity index (χ4v) is 7.66. The number of likely N-dealkylation sites (tertiary alicyclic amines) is 1. The SMILES string of the molecule is COC(=O)Nc1ccc(-c2ccc3cc(-c4nc5cc(C(=O)N6C[C@H]7CC[C@@H]6[C@@H]7N)cc(OC)c5n4C)n(CC4CC4)c3c2)c(F)c1F. The van der Waals surface area contributed by atoms with Gasteiger partial charge in [-0.1, -0.05) is 12.1 Å². The van der Waals surface area contributed by atoms with Gasteiger partial charge in [0.2, 0.25) is 0 Å². The van der Waals surface area contributed by atoms with E-state index >= 15 is 4.39 Å². The number of benzene rings is 3. The molecule has 5 aromatic rings. The maximum atomic E-state index is 15.4. The van der Waals surface area contributed by atoms with Gasteiger partial charge in [-0.3, -0.25) is 10.1 Å². The Balaban J connectivity index is 1.21. The van der Waals surface area contributed by atoms with Crippen LogP contribution in [0.4, 0.5) is 19.3 Å². The van der Waals surface area contributed by atoms with Gasteiger partial charge in [0.25, 0.3) is 5.91 Å². The lowest BCUT2D eigenvalue weighted by Gasteiger charge is -2.27. The first kappa shape index (κ1) is 30.4. The Morgan fingerprint density at radius 2 is 1.83 bits per heavy atom. The first-order chi connectivity index (χ1) is 23.2. The number of anilines is 1. The largest absolute Gasteiger partial charge is 0.494 e. The van der Waals surface area contributed by atoms with Crippen LogP contribution in [0.1, 0.15) is 36.0 Å². The Kier molecular flexibility index (Phi) is 7.17. The molecule has 2 saturated carbocycles. The molecule has 8 rings (SSSR count). The number of halogens is 2. The number of nitrogens with one attached hydrogen (secondary N) is 1. The zero-order valence-corrected chi connectivity index (χ0v) is 26.9. The van der Waals surface area contributed by atoms with Gasteiger partial charge >= 0.3 is 6.09 Å². The number of aryl methyl sites for hydroxylation is 1. The second kappa shape index (κ2) is 11.3. The van der Waals surface area contributed by atoms with Crippen LogP contribution in [0.25, 0.3) is 44.6 Å².